The fourth-order valence-corrected chi connectivity index (χ4v) is 3.70. The van der Waals surface area contributed by atoms with Gasteiger partial charge in [0, 0.05) is 11.1 Å². The average Bonchev–Trinajstić information content (AvgIpc) is 2.87. The van der Waals surface area contributed by atoms with Gasteiger partial charge in [-0.05, 0) is 23.1 Å². The zero-order valence-electron chi connectivity index (χ0n) is 19.3. The quantitative estimate of drug-likeness (QED) is 0.317. The number of anilines is 1. The Morgan fingerprint density at radius 1 is 0.892 bits per heavy atom. The van der Waals surface area contributed by atoms with E-state index in [0.717, 1.165) is 0 Å². The van der Waals surface area contributed by atoms with E-state index in [-0.39, 0.29) is 23.8 Å². The molecule has 1 aromatic heterocycles. The summed E-state index contributed by atoms with van der Waals surface area (Å²) in [6.07, 6.45) is -7.08. The Morgan fingerprint density at radius 3 is 2.19 bits per heavy atom. The molecule has 1 heterocycles. The SMILES string of the molecule is Nc1nc(OC(c2ccccc2-c2ccccc2)C(F)(F)F)nc(-c2ccc(CC(N)C(=O)O)cc2)n1. The summed E-state index contributed by atoms with van der Waals surface area (Å²) in [5.41, 5.74) is 13.2. The van der Waals surface area contributed by atoms with E-state index in [4.69, 9.17) is 21.3 Å². The smallest absolute Gasteiger partial charge is 0.429 e. The molecule has 0 radical (unpaired) electrons. The molecule has 190 valence electrons. The van der Waals surface area contributed by atoms with Gasteiger partial charge in [0.15, 0.2) is 5.82 Å². The van der Waals surface area contributed by atoms with Gasteiger partial charge in [0.05, 0.1) is 0 Å². The molecule has 0 bridgehead atoms. The lowest BCUT2D eigenvalue weighted by Crippen LogP contribution is -2.32. The molecule has 0 spiro atoms. The zero-order valence-corrected chi connectivity index (χ0v) is 19.3. The number of aromatic nitrogens is 3. The van der Waals surface area contributed by atoms with Gasteiger partial charge in [0.25, 0.3) is 0 Å². The Labute approximate surface area is 209 Å². The molecule has 0 amide bonds. The summed E-state index contributed by atoms with van der Waals surface area (Å²) in [5, 5.41) is 8.97. The summed E-state index contributed by atoms with van der Waals surface area (Å²) in [6, 6.07) is 19.4. The second kappa shape index (κ2) is 10.6. The molecule has 11 heteroatoms. The number of nitrogens with zero attached hydrogens (tertiary/aromatic N) is 3. The van der Waals surface area contributed by atoms with Crippen molar-refractivity contribution in [3.63, 3.8) is 0 Å². The standard InChI is InChI=1S/C26H22F3N5O3/c27-26(28,29)21(19-9-5-4-8-18(19)16-6-2-1-3-7-16)37-25-33-22(32-24(31)34-25)17-12-10-15(11-13-17)14-20(30)23(35)36/h1-13,20-21H,14,30H2,(H,35,36)(H2,31,32,33,34). The number of carbonyl (C=O) groups is 1. The molecule has 37 heavy (non-hydrogen) atoms. The first-order chi connectivity index (χ1) is 17.6. The van der Waals surface area contributed by atoms with Crippen LogP contribution in [0.3, 0.4) is 0 Å². The maximum Gasteiger partial charge on any atom is 0.429 e. The molecule has 0 saturated carbocycles. The molecule has 0 fully saturated rings. The number of ether oxygens (including phenoxy) is 1. The Morgan fingerprint density at radius 2 is 1.54 bits per heavy atom. The van der Waals surface area contributed by atoms with Gasteiger partial charge < -0.3 is 21.3 Å². The van der Waals surface area contributed by atoms with Crippen LogP contribution in [0.2, 0.25) is 0 Å². The van der Waals surface area contributed by atoms with Crippen LogP contribution < -0.4 is 16.2 Å². The van der Waals surface area contributed by atoms with Crippen molar-refractivity contribution < 1.29 is 27.8 Å². The molecule has 2 atom stereocenters. The summed E-state index contributed by atoms with van der Waals surface area (Å²) >= 11 is 0. The van der Waals surface area contributed by atoms with E-state index in [1.165, 1.54) is 12.1 Å². The maximum atomic E-state index is 14.2. The van der Waals surface area contributed by atoms with Crippen molar-refractivity contribution in [3.8, 4) is 28.5 Å². The van der Waals surface area contributed by atoms with Crippen LogP contribution in [-0.4, -0.2) is 38.2 Å². The summed E-state index contributed by atoms with van der Waals surface area (Å²) in [4.78, 5) is 22.8. The molecule has 4 rings (SSSR count). The number of nitrogens with two attached hydrogens (primary N) is 2. The van der Waals surface area contributed by atoms with Gasteiger partial charge >= 0.3 is 18.2 Å². The molecule has 8 nitrogen and oxygen atoms in total. The topological polar surface area (TPSA) is 137 Å². The Bertz CT molecular complexity index is 1380. The maximum absolute atomic E-state index is 14.2. The highest BCUT2D eigenvalue weighted by molar-refractivity contribution is 5.73. The van der Waals surface area contributed by atoms with Gasteiger partial charge in [0.1, 0.15) is 6.04 Å². The molecule has 0 aliphatic heterocycles. The minimum absolute atomic E-state index is 0.00569. The Hall–Kier alpha value is -4.51. The summed E-state index contributed by atoms with van der Waals surface area (Å²) in [5.74, 6) is -1.47. The highest BCUT2D eigenvalue weighted by Crippen LogP contribution is 2.40. The predicted molar refractivity (Wildman–Crippen MR) is 130 cm³/mol. The second-order valence-electron chi connectivity index (χ2n) is 8.14. The zero-order chi connectivity index (χ0) is 26.6. The van der Waals surface area contributed by atoms with Gasteiger partial charge in [0.2, 0.25) is 12.1 Å². The van der Waals surface area contributed by atoms with Crippen LogP contribution in [0.25, 0.3) is 22.5 Å². The van der Waals surface area contributed by atoms with Gasteiger partial charge in [-0.25, -0.2) is 0 Å². The van der Waals surface area contributed by atoms with Crippen molar-refractivity contribution in [2.24, 2.45) is 5.73 Å². The molecule has 3 aromatic carbocycles. The van der Waals surface area contributed by atoms with E-state index in [0.29, 0.717) is 22.3 Å². The lowest BCUT2D eigenvalue weighted by atomic mass is 9.96. The van der Waals surface area contributed by atoms with Crippen molar-refractivity contribution in [1.29, 1.82) is 0 Å². The van der Waals surface area contributed by atoms with Crippen molar-refractivity contribution >= 4 is 11.9 Å². The van der Waals surface area contributed by atoms with Gasteiger partial charge in [-0.3, -0.25) is 4.79 Å². The van der Waals surface area contributed by atoms with Crippen molar-refractivity contribution in [1.82, 2.24) is 15.0 Å². The first kappa shape index (κ1) is 25.6. The highest BCUT2D eigenvalue weighted by Gasteiger charge is 2.45. The number of nitrogen functional groups attached to an aromatic ring is 1. The van der Waals surface area contributed by atoms with Gasteiger partial charge in [-0.1, -0.05) is 78.9 Å². The Kier molecular flexibility index (Phi) is 7.35. The van der Waals surface area contributed by atoms with Crippen molar-refractivity contribution in [2.75, 3.05) is 5.73 Å². The van der Waals surface area contributed by atoms with Gasteiger partial charge in [-0.2, -0.15) is 28.1 Å². The first-order valence-electron chi connectivity index (χ1n) is 11.1. The van der Waals surface area contributed by atoms with E-state index in [9.17, 15) is 18.0 Å². The third-order valence-corrected chi connectivity index (χ3v) is 5.47. The molecular weight excluding hydrogens is 487 g/mol. The predicted octanol–water partition coefficient (Wildman–Crippen LogP) is 4.42. The van der Waals surface area contributed by atoms with Crippen molar-refractivity contribution in [2.45, 2.75) is 24.7 Å². The van der Waals surface area contributed by atoms with Crippen LogP contribution in [-0.2, 0) is 11.2 Å². The first-order valence-corrected chi connectivity index (χ1v) is 11.1. The minimum atomic E-state index is -4.79. The van der Waals surface area contributed by atoms with Crippen LogP contribution in [0.1, 0.15) is 17.2 Å². The van der Waals surface area contributed by atoms with Gasteiger partial charge in [-0.15, -0.1) is 0 Å². The number of carboxylic acids is 1. The number of hydrogen-bond acceptors (Lipinski definition) is 7. The number of rotatable bonds is 8. The third kappa shape index (κ3) is 6.19. The number of alkyl halides is 3. The molecule has 0 aliphatic carbocycles. The van der Waals surface area contributed by atoms with E-state index < -0.39 is 30.3 Å². The van der Waals surface area contributed by atoms with E-state index >= 15 is 0 Å². The number of halogens is 3. The molecule has 0 aliphatic rings. The third-order valence-electron chi connectivity index (χ3n) is 5.47. The summed E-state index contributed by atoms with van der Waals surface area (Å²) in [7, 11) is 0. The number of carboxylic acid groups (broad SMARTS) is 1. The summed E-state index contributed by atoms with van der Waals surface area (Å²) in [6.45, 7) is 0. The number of hydrogen-bond donors (Lipinski definition) is 3. The van der Waals surface area contributed by atoms with Crippen LogP contribution in [0, 0.1) is 0 Å². The van der Waals surface area contributed by atoms with Crippen LogP contribution in [0.15, 0.2) is 78.9 Å². The fourth-order valence-electron chi connectivity index (χ4n) is 3.70. The van der Waals surface area contributed by atoms with E-state index in [2.05, 4.69) is 15.0 Å². The van der Waals surface area contributed by atoms with E-state index in [1.807, 2.05) is 0 Å². The molecule has 5 N–H and O–H groups in total. The average molecular weight is 509 g/mol. The van der Waals surface area contributed by atoms with Crippen molar-refractivity contribution in [3.05, 3.63) is 90.0 Å². The van der Waals surface area contributed by atoms with Crippen LogP contribution >= 0.6 is 0 Å². The Balaban J connectivity index is 1.66. The highest BCUT2D eigenvalue weighted by atomic mass is 19.4. The molecular formula is C26H22F3N5O3. The molecule has 2 unspecified atom stereocenters. The second-order valence-corrected chi connectivity index (χ2v) is 8.14. The van der Waals surface area contributed by atoms with Crippen LogP contribution in [0.5, 0.6) is 6.01 Å². The van der Waals surface area contributed by atoms with Crippen LogP contribution in [0.4, 0.5) is 19.1 Å². The number of aliphatic carboxylic acids is 1. The number of benzene rings is 3. The lowest BCUT2D eigenvalue weighted by Gasteiger charge is -2.23. The fraction of sp³-hybridized carbons (Fsp3) is 0.154. The largest absolute Gasteiger partial charge is 0.480 e. The molecule has 0 saturated heterocycles. The summed E-state index contributed by atoms with van der Waals surface area (Å²) < 4.78 is 48.0. The normalized spacial score (nSPS) is 13.1. The van der Waals surface area contributed by atoms with E-state index in [1.54, 1.807) is 66.7 Å². The monoisotopic (exact) mass is 509 g/mol. The molecule has 4 aromatic rings. The minimum Gasteiger partial charge on any atom is -0.480 e. The lowest BCUT2D eigenvalue weighted by molar-refractivity contribution is -0.199.